The number of halogens is 2. The van der Waals surface area contributed by atoms with Gasteiger partial charge in [-0.15, -0.1) is 24.0 Å². The quantitative estimate of drug-likeness (QED) is 0.381. The van der Waals surface area contributed by atoms with Gasteiger partial charge in [-0.1, -0.05) is 25.4 Å². The average molecular weight is 435 g/mol. The van der Waals surface area contributed by atoms with Gasteiger partial charge in [0, 0.05) is 42.3 Å². The van der Waals surface area contributed by atoms with Crippen molar-refractivity contribution in [3.05, 3.63) is 35.0 Å². The molecular weight excluding hydrogens is 411 g/mol. The van der Waals surface area contributed by atoms with Crippen molar-refractivity contribution in [3.8, 4) is 0 Å². The number of aromatic amines is 1. The molecule has 4 nitrogen and oxygen atoms in total. The molecule has 0 aliphatic heterocycles. The summed E-state index contributed by atoms with van der Waals surface area (Å²) in [6.45, 7) is 6.10. The fraction of sp³-hybridized carbons (Fsp3) is 0.438. The van der Waals surface area contributed by atoms with E-state index in [1.165, 1.54) is 10.9 Å². The zero-order valence-electron chi connectivity index (χ0n) is 13.2. The van der Waals surface area contributed by atoms with Crippen LogP contribution < -0.4 is 10.6 Å². The summed E-state index contributed by atoms with van der Waals surface area (Å²) in [4.78, 5) is 7.50. The first-order valence-corrected chi connectivity index (χ1v) is 7.68. The van der Waals surface area contributed by atoms with Gasteiger partial charge in [0.15, 0.2) is 5.96 Å². The molecule has 6 heteroatoms. The molecule has 2 rings (SSSR count). The Bertz CT molecular complexity index is 622. The molecule has 0 spiro atoms. The number of hydrogen-bond donors (Lipinski definition) is 3. The number of fused-ring (bicyclic) bond motifs is 1. The van der Waals surface area contributed by atoms with Crippen LogP contribution in [0, 0.1) is 5.92 Å². The summed E-state index contributed by atoms with van der Waals surface area (Å²) in [7, 11) is 1.79. The summed E-state index contributed by atoms with van der Waals surface area (Å²) in [5, 5.41) is 8.60. The highest BCUT2D eigenvalue weighted by Gasteiger charge is 2.05. The van der Waals surface area contributed by atoms with Crippen LogP contribution in [-0.2, 0) is 6.42 Å². The summed E-state index contributed by atoms with van der Waals surface area (Å²) < 4.78 is 0. The number of H-pyrrole nitrogens is 1. The maximum Gasteiger partial charge on any atom is 0.190 e. The first kappa shape index (κ1) is 19.1. The highest BCUT2D eigenvalue weighted by Crippen LogP contribution is 2.22. The average Bonchev–Trinajstić information content (AvgIpc) is 2.85. The van der Waals surface area contributed by atoms with Gasteiger partial charge in [-0.25, -0.2) is 0 Å². The van der Waals surface area contributed by atoms with E-state index >= 15 is 0 Å². The minimum absolute atomic E-state index is 0. The molecular formula is C16H24ClIN4. The van der Waals surface area contributed by atoms with E-state index in [-0.39, 0.29) is 24.0 Å². The second kappa shape index (κ2) is 9.25. The predicted molar refractivity (Wildman–Crippen MR) is 107 cm³/mol. The second-order valence-corrected chi connectivity index (χ2v) is 5.96. The molecule has 0 saturated heterocycles. The van der Waals surface area contributed by atoms with Crippen molar-refractivity contribution in [1.29, 1.82) is 0 Å². The van der Waals surface area contributed by atoms with Gasteiger partial charge in [-0.3, -0.25) is 4.99 Å². The Morgan fingerprint density at radius 1 is 1.32 bits per heavy atom. The topological polar surface area (TPSA) is 52.2 Å². The standard InChI is InChI=1S/C16H23ClN4.HI/c1-11(2)9-21-16(18-3)19-7-6-12-10-20-15-5-4-13(17)8-14(12)15;/h4-5,8,10-11,20H,6-7,9H2,1-3H3,(H2,18,19,21);1H. The summed E-state index contributed by atoms with van der Waals surface area (Å²) in [5.41, 5.74) is 2.39. The number of benzene rings is 1. The summed E-state index contributed by atoms with van der Waals surface area (Å²) in [6.07, 6.45) is 2.97. The molecule has 0 radical (unpaired) electrons. The van der Waals surface area contributed by atoms with E-state index in [4.69, 9.17) is 11.6 Å². The number of guanidine groups is 1. The SMILES string of the molecule is CN=C(NCCc1c[nH]c2ccc(Cl)cc12)NCC(C)C.I. The normalized spacial score (nSPS) is 11.6. The highest BCUT2D eigenvalue weighted by molar-refractivity contribution is 14.0. The predicted octanol–water partition coefficient (Wildman–Crippen LogP) is 3.80. The van der Waals surface area contributed by atoms with E-state index in [1.54, 1.807) is 7.05 Å². The van der Waals surface area contributed by atoms with Crippen LogP contribution in [0.1, 0.15) is 19.4 Å². The number of nitrogens with one attached hydrogen (secondary N) is 3. The van der Waals surface area contributed by atoms with E-state index < -0.39 is 0 Å². The molecule has 122 valence electrons. The smallest absolute Gasteiger partial charge is 0.190 e. The maximum atomic E-state index is 6.07. The van der Waals surface area contributed by atoms with Crippen molar-refractivity contribution in [2.45, 2.75) is 20.3 Å². The molecule has 2 aromatic rings. The second-order valence-electron chi connectivity index (χ2n) is 5.53. The lowest BCUT2D eigenvalue weighted by atomic mass is 10.1. The lowest BCUT2D eigenvalue weighted by molar-refractivity contribution is 0.614. The van der Waals surface area contributed by atoms with Crippen LogP contribution in [0.25, 0.3) is 10.9 Å². The van der Waals surface area contributed by atoms with Gasteiger partial charge in [0.2, 0.25) is 0 Å². The van der Waals surface area contributed by atoms with Crippen LogP contribution in [0.4, 0.5) is 0 Å². The van der Waals surface area contributed by atoms with Crippen molar-refractivity contribution in [1.82, 2.24) is 15.6 Å². The van der Waals surface area contributed by atoms with Gasteiger partial charge in [-0.2, -0.15) is 0 Å². The van der Waals surface area contributed by atoms with Gasteiger partial charge in [-0.05, 0) is 36.1 Å². The van der Waals surface area contributed by atoms with Crippen molar-refractivity contribution < 1.29 is 0 Å². The Hall–Kier alpha value is -0.950. The molecule has 0 amide bonds. The van der Waals surface area contributed by atoms with Gasteiger partial charge < -0.3 is 15.6 Å². The monoisotopic (exact) mass is 434 g/mol. The van der Waals surface area contributed by atoms with E-state index in [0.29, 0.717) is 5.92 Å². The van der Waals surface area contributed by atoms with Crippen LogP contribution in [0.3, 0.4) is 0 Å². The molecule has 1 heterocycles. The minimum atomic E-state index is 0. The third kappa shape index (κ3) is 5.35. The van der Waals surface area contributed by atoms with E-state index in [9.17, 15) is 0 Å². The minimum Gasteiger partial charge on any atom is -0.361 e. The zero-order chi connectivity index (χ0) is 15.2. The fourth-order valence-corrected chi connectivity index (χ4v) is 2.37. The van der Waals surface area contributed by atoms with Gasteiger partial charge in [0.1, 0.15) is 0 Å². The fourth-order valence-electron chi connectivity index (χ4n) is 2.19. The maximum absolute atomic E-state index is 6.07. The molecule has 1 aromatic heterocycles. The molecule has 0 fully saturated rings. The summed E-state index contributed by atoms with van der Waals surface area (Å²) in [6, 6.07) is 5.92. The third-order valence-electron chi connectivity index (χ3n) is 3.32. The van der Waals surface area contributed by atoms with Crippen molar-refractivity contribution >= 4 is 52.4 Å². The third-order valence-corrected chi connectivity index (χ3v) is 3.55. The van der Waals surface area contributed by atoms with Gasteiger partial charge in [0.05, 0.1) is 0 Å². The molecule has 3 N–H and O–H groups in total. The molecule has 1 aromatic carbocycles. The van der Waals surface area contributed by atoms with E-state index in [0.717, 1.165) is 36.0 Å². The largest absolute Gasteiger partial charge is 0.361 e. The number of aliphatic imine (C=N–C) groups is 1. The number of rotatable bonds is 5. The van der Waals surface area contributed by atoms with Crippen molar-refractivity contribution in [2.75, 3.05) is 20.1 Å². The Labute approximate surface area is 154 Å². The first-order chi connectivity index (χ1) is 10.1. The van der Waals surface area contributed by atoms with Crippen LogP contribution in [0.5, 0.6) is 0 Å². The van der Waals surface area contributed by atoms with Crippen molar-refractivity contribution in [2.24, 2.45) is 10.9 Å². The Morgan fingerprint density at radius 2 is 2.09 bits per heavy atom. The Balaban J connectivity index is 0.00000242. The van der Waals surface area contributed by atoms with Crippen LogP contribution in [0.15, 0.2) is 29.4 Å². The zero-order valence-corrected chi connectivity index (χ0v) is 16.3. The molecule has 0 aliphatic rings. The molecule has 0 aliphatic carbocycles. The lowest BCUT2D eigenvalue weighted by Gasteiger charge is -2.13. The molecule has 22 heavy (non-hydrogen) atoms. The molecule has 0 saturated carbocycles. The highest BCUT2D eigenvalue weighted by atomic mass is 127. The van der Waals surface area contributed by atoms with Gasteiger partial charge >= 0.3 is 0 Å². The molecule has 0 unspecified atom stereocenters. The van der Waals surface area contributed by atoms with E-state index in [2.05, 4.69) is 34.5 Å². The Kier molecular flexibility index (Phi) is 8.03. The van der Waals surface area contributed by atoms with Crippen LogP contribution in [0.2, 0.25) is 5.02 Å². The molecule has 0 atom stereocenters. The van der Waals surface area contributed by atoms with Gasteiger partial charge in [0.25, 0.3) is 0 Å². The first-order valence-electron chi connectivity index (χ1n) is 7.30. The van der Waals surface area contributed by atoms with Crippen LogP contribution in [-0.4, -0.2) is 31.1 Å². The number of hydrogen-bond acceptors (Lipinski definition) is 1. The Morgan fingerprint density at radius 3 is 2.77 bits per heavy atom. The van der Waals surface area contributed by atoms with E-state index in [1.807, 2.05) is 24.4 Å². The molecule has 0 bridgehead atoms. The number of nitrogens with zero attached hydrogens (tertiary/aromatic N) is 1. The van der Waals surface area contributed by atoms with Crippen LogP contribution >= 0.6 is 35.6 Å². The number of aromatic nitrogens is 1. The lowest BCUT2D eigenvalue weighted by Crippen LogP contribution is -2.39. The van der Waals surface area contributed by atoms with Crippen molar-refractivity contribution in [3.63, 3.8) is 0 Å². The summed E-state index contributed by atoms with van der Waals surface area (Å²) >= 11 is 6.07. The summed E-state index contributed by atoms with van der Waals surface area (Å²) in [5.74, 6) is 1.45.